The van der Waals surface area contributed by atoms with Gasteiger partial charge in [0.25, 0.3) is 5.91 Å². The van der Waals surface area contributed by atoms with E-state index in [0.29, 0.717) is 17.6 Å². The van der Waals surface area contributed by atoms with Gasteiger partial charge in [-0.2, -0.15) is 4.98 Å². The van der Waals surface area contributed by atoms with Crippen LogP contribution in [0.25, 0.3) is 11.4 Å². The van der Waals surface area contributed by atoms with Gasteiger partial charge in [0.15, 0.2) is 6.61 Å². The molecule has 0 unspecified atom stereocenters. The van der Waals surface area contributed by atoms with Crippen LogP contribution in [0.3, 0.4) is 0 Å². The first kappa shape index (κ1) is 20.9. The monoisotopic (exact) mass is 421 g/mol. The van der Waals surface area contributed by atoms with Crippen LogP contribution >= 0.6 is 0 Å². The molecule has 1 saturated heterocycles. The lowest BCUT2D eigenvalue weighted by Crippen LogP contribution is -2.41. The number of amides is 1. The second-order valence-electron chi connectivity index (χ2n) is 7.88. The highest BCUT2D eigenvalue weighted by atomic mass is 16.5. The summed E-state index contributed by atoms with van der Waals surface area (Å²) >= 11 is 0. The SMILES string of the molecule is COc1cccc(-c2noc(CC3CCN(C(=O)COc4cccc(C)c4)CC3)n2)c1. The minimum absolute atomic E-state index is 0.0260. The van der Waals surface area contributed by atoms with Gasteiger partial charge in [0.05, 0.1) is 7.11 Å². The Kier molecular flexibility index (Phi) is 6.50. The molecule has 1 aliphatic rings. The number of aromatic nitrogens is 2. The molecule has 2 heterocycles. The number of hydrogen-bond donors (Lipinski definition) is 0. The molecule has 3 aromatic rings. The van der Waals surface area contributed by atoms with Crippen molar-refractivity contribution in [2.75, 3.05) is 26.8 Å². The number of carbonyl (C=O) groups excluding carboxylic acids is 1. The van der Waals surface area contributed by atoms with Crippen LogP contribution in [0.5, 0.6) is 11.5 Å². The molecule has 1 aromatic heterocycles. The first-order valence-electron chi connectivity index (χ1n) is 10.5. The van der Waals surface area contributed by atoms with E-state index in [4.69, 9.17) is 14.0 Å². The molecule has 0 N–H and O–H groups in total. The Morgan fingerprint density at radius 1 is 1.13 bits per heavy atom. The molecule has 0 saturated carbocycles. The maximum atomic E-state index is 12.5. The number of piperidine rings is 1. The van der Waals surface area contributed by atoms with Crippen LogP contribution in [0.4, 0.5) is 0 Å². The zero-order chi connectivity index (χ0) is 21.6. The maximum Gasteiger partial charge on any atom is 0.260 e. The third-order valence-electron chi connectivity index (χ3n) is 5.58. The average molecular weight is 421 g/mol. The van der Waals surface area contributed by atoms with Crippen molar-refractivity contribution >= 4 is 5.91 Å². The van der Waals surface area contributed by atoms with Gasteiger partial charge < -0.3 is 18.9 Å². The molecule has 0 atom stereocenters. The van der Waals surface area contributed by atoms with Crippen molar-refractivity contribution in [2.24, 2.45) is 5.92 Å². The van der Waals surface area contributed by atoms with Crippen molar-refractivity contribution in [1.82, 2.24) is 15.0 Å². The van der Waals surface area contributed by atoms with Crippen LogP contribution < -0.4 is 9.47 Å². The van der Waals surface area contributed by atoms with Crippen LogP contribution in [0, 0.1) is 12.8 Å². The summed E-state index contributed by atoms with van der Waals surface area (Å²) in [5.74, 6) is 3.12. The van der Waals surface area contributed by atoms with Gasteiger partial charge in [0.1, 0.15) is 11.5 Å². The number of benzene rings is 2. The molecule has 7 heteroatoms. The number of methoxy groups -OCH3 is 1. The number of carbonyl (C=O) groups is 1. The largest absolute Gasteiger partial charge is 0.497 e. The minimum Gasteiger partial charge on any atom is -0.497 e. The highest BCUT2D eigenvalue weighted by Gasteiger charge is 2.25. The Morgan fingerprint density at radius 2 is 1.90 bits per heavy atom. The molecule has 31 heavy (non-hydrogen) atoms. The van der Waals surface area contributed by atoms with Gasteiger partial charge in [0, 0.05) is 25.1 Å². The maximum absolute atomic E-state index is 12.5. The molecule has 0 spiro atoms. The van der Waals surface area contributed by atoms with Gasteiger partial charge in [-0.1, -0.05) is 29.4 Å². The van der Waals surface area contributed by atoms with Gasteiger partial charge in [-0.15, -0.1) is 0 Å². The number of rotatable bonds is 7. The smallest absolute Gasteiger partial charge is 0.260 e. The van der Waals surface area contributed by atoms with E-state index in [1.807, 2.05) is 60.4 Å². The molecule has 0 bridgehead atoms. The van der Waals surface area contributed by atoms with Crippen LogP contribution in [0.15, 0.2) is 53.1 Å². The summed E-state index contributed by atoms with van der Waals surface area (Å²) in [4.78, 5) is 18.9. The molecule has 1 amide bonds. The Hall–Kier alpha value is -3.35. The third-order valence-corrected chi connectivity index (χ3v) is 5.58. The molecular formula is C24H27N3O4. The minimum atomic E-state index is 0.0260. The summed E-state index contributed by atoms with van der Waals surface area (Å²) in [5, 5.41) is 4.11. The molecular weight excluding hydrogens is 394 g/mol. The van der Waals surface area contributed by atoms with Gasteiger partial charge in [-0.05, 0) is 55.5 Å². The normalized spacial score (nSPS) is 14.5. The Bertz CT molecular complexity index is 1020. The molecule has 0 radical (unpaired) electrons. The molecule has 2 aromatic carbocycles. The van der Waals surface area contributed by atoms with E-state index in [1.165, 1.54) is 0 Å². The molecule has 7 nitrogen and oxygen atoms in total. The van der Waals surface area contributed by atoms with E-state index in [9.17, 15) is 4.79 Å². The van der Waals surface area contributed by atoms with Gasteiger partial charge >= 0.3 is 0 Å². The number of ether oxygens (including phenoxy) is 2. The standard InChI is InChI=1S/C24H27N3O4/c1-17-5-3-8-21(13-17)30-16-23(28)27-11-9-18(10-12-27)14-22-25-24(26-31-22)19-6-4-7-20(15-19)29-2/h3-8,13,15,18H,9-12,14,16H2,1-2H3. The number of hydrogen-bond acceptors (Lipinski definition) is 6. The van der Waals surface area contributed by atoms with Crippen molar-refractivity contribution in [3.8, 4) is 22.9 Å². The van der Waals surface area contributed by atoms with E-state index in [1.54, 1.807) is 7.11 Å². The van der Waals surface area contributed by atoms with Crippen molar-refractivity contribution in [1.29, 1.82) is 0 Å². The number of aryl methyl sites for hydroxylation is 1. The van der Waals surface area contributed by atoms with Gasteiger partial charge in [-0.25, -0.2) is 0 Å². The second-order valence-corrected chi connectivity index (χ2v) is 7.88. The quantitative estimate of drug-likeness (QED) is 0.576. The van der Waals surface area contributed by atoms with E-state index in [2.05, 4.69) is 10.1 Å². The fraction of sp³-hybridized carbons (Fsp3) is 0.375. The van der Waals surface area contributed by atoms with Crippen LogP contribution in [-0.2, 0) is 11.2 Å². The van der Waals surface area contributed by atoms with Crippen molar-refractivity contribution < 1.29 is 18.8 Å². The molecule has 1 aliphatic heterocycles. The van der Waals surface area contributed by atoms with Gasteiger partial charge in [0.2, 0.25) is 11.7 Å². The lowest BCUT2D eigenvalue weighted by Gasteiger charge is -2.31. The Balaban J connectivity index is 1.25. The predicted molar refractivity (Wildman–Crippen MR) is 116 cm³/mol. The van der Waals surface area contributed by atoms with E-state index in [0.717, 1.165) is 55.0 Å². The molecule has 1 fully saturated rings. The average Bonchev–Trinajstić information content (AvgIpc) is 3.26. The number of likely N-dealkylation sites (tertiary alicyclic amines) is 1. The summed E-state index contributed by atoms with van der Waals surface area (Å²) < 4.78 is 16.4. The lowest BCUT2D eigenvalue weighted by molar-refractivity contribution is -0.134. The first-order valence-corrected chi connectivity index (χ1v) is 10.5. The molecule has 4 rings (SSSR count). The summed E-state index contributed by atoms with van der Waals surface area (Å²) in [6, 6.07) is 15.3. The van der Waals surface area contributed by atoms with Crippen molar-refractivity contribution in [2.45, 2.75) is 26.2 Å². The topological polar surface area (TPSA) is 77.7 Å². The van der Waals surface area contributed by atoms with Crippen LogP contribution in [-0.4, -0.2) is 47.8 Å². The van der Waals surface area contributed by atoms with Crippen molar-refractivity contribution in [3.05, 3.63) is 60.0 Å². The predicted octanol–water partition coefficient (Wildman–Crippen LogP) is 3.91. The molecule has 162 valence electrons. The fourth-order valence-electron chi connectivity index (χ4n) is 3.79. The summed E-state index contributed by atoms with van der Waals surface area (Å²) in [6.45, 7) is 3.51. The van der Waals surface area contributed by atoms with Crippen LogP contribution in [0.1, 0.15) is 24.3 Å². The zero-order valence-electron chi connectivity index (χ0n) is 17.9. The first-order chi connectivity index (χ1) is 15.1. The summed E-state index contributed by atoms with van der Waals surface area (Å²) in [6.07, 6.45) is 2.54. The van der Waals surface area contributed by atoms with E-state index >= 15 is 0 Å². The van der Waals surface area contributed by atoms with Crippen molar-refractivity contribution in [3.63, 3.8) is 0 Å². The third kappa shape index (κ3) is 5.42. The Labute approximate surface area is 182 Å². The number of nitrogens with zero attached hydrogens (tertiary/aromatic N) is 3. The highest BCUT2D eigenvalue weighted by Crippen LogP contribution is 2.25. The molecule has 0 aliphatic carbocycles. The zero-order valence-corrected chi connectivity index (χ0v) is 17.9. The van der Waals surface area contributed by atoms with E-state index < -0.39 is 0 Å². The van der Waals surface area contributed by atoms with E-state index in [-0.39, 0.29) is 12.5 Å². The summed E-state index contributed by atoms with van der Waals surface area (Å²) in [5.41, 5.74) is 1.98. The lowest BCUT2D eigenvalue weighted by atomic mass is 9.93. The second kappa shape index (κ2) is 9.64. The fourth-order valence-corrected chi connectivity index (χ4v) is 3.79. The summed E-state index contributed by atoms with van der Waals surface area (Å²) in [7, 11) is 1.63. The van der Waals surface area contributed by atoms with Gasteiger partial charge in [-0.3, -0.25) is 4.79 Å². The highest BCUT2D eigenvalue weighted by molar-refractivity contribution is 5.77. The Morgan fingerprint density at radius 3 is 2.68 bits per heavy atom. The van der Waals surface area contributed by atoms with Crippen LogP contribution in [0.2, 0.25) is 0 Å².